The number of rotatable bonds is 3. The topological polar surface area (TPSA) is 41.8 Å². The van der Waals surface area contributed by atoms with Gasteiger partial charge in [0.25, 0.3) is 5.79 Å². The van der Waals surface area contributed by atoms with Crippen molar-refractivity contribution in [3.63, 3.8) is 0 Å². The molecule has 1 unspecified atom stereocenters. The van der Waals surface area contributed by atoms with E-state index in [-0.39, 0.29) is 0 Å². The lowest BCUT2D eigenvalue weighted by molar-refractivity contribution is -0.167. The highest BCUT2D eigenvalue weighted by atomic mass is 16.7. The summed E-state index contributed by atoms with van der Waals surface area (Å²) in [6.07, 6.45) is 1.90. The largest absolute Gasteiger partial charge is 0.349 e. The van der Waals surface area contributed by atoms with E-state index in [4.69, 9.17) is 4.84 Å². The molecule has 0 aliphatic carbocycles. The second-order valence-electron chi connectivity index (χ2n) is 6.37. The van der Waals surface area contributed by atoms with Gasteiger partial charge in [-0.25, -0.2) is 0 Å². The van der Waals surface area contributed by atoms with Gasteiger partial charge in [0.1, 0.15) is 5.71 Å². The molecule has 0 radical (unpaired) electrons. The highest BCUT2D eigenvalue weighted by molar-refractivity contribution is 6.13. The lowest BCUT2D eigenvalue weighted by Crippen LogP contribution is -2.32. The van der Waals surface area contributed by atoms with Crippen molar-refractivity contribution in [2.75, 3.05) is 0 Å². The van der Waals surface area contributed by atoms with Gasteiger partial charge < -0.3 is 9.94 Å². The molecule has 1 aliphatic heterocycles. The summed E-state index contributed by atoms with van der Waals surface area (Å²) in [7, 11) is 0. The van der Waals surface area contributed by atoms with E-state index in [0.717, 1.165) is 11.1 Å². The van der Waals surface area contributed by atoms with Crippen molar-refractivity contribution in [2.45, 2.75) is 12.7 Å². The van der Waals surface area contributed by atoms with Crippen molar-refractivity contribution in [2.24, 2.45) is 5.16 Å². The Morgan fingerprint density at radius 1 is 0.769 bits per heavy atom. The third kappa shape index (κ3) is 2.93. The highest BCUT2D eigenvalue weighted by Crippen LogP contribution is 2.40. The average molecular weight is 341 g/mol. The van der Waals surface area contributed by atoms with Gasteiger partial charge in [-0.2, -0.15) is 0 Å². The molecule has 3 heteroatoms. The molecule has 0 spiro atoms. The highest BCUT2D eigenvalue weighted by Gasteiger charge is 2.40. The van der Waals surface area contributed by atoms with Gasteiger partial charge in [-0.15, -0.1) is 0 Å². The number of oxime groups is 1. The first-order chi connectivity index (χ1) is 12.7. The van der Waals surface area contributed by atoms with Gasteiger partial charge in [-0.3, -0.25) is 0 Å². The van der Waals surface area contributed by atoms with E-state index in [1.807, 2.05) is 97.9 Å². The molecule has 0 saturated heterocycles. The summed E-state index contributed by atoms with van der Waals surface area (Å²) in [4.78, 5) is 5.69. The van der Waals surface area contributed by atoms with Crippen molar-refractivity contribution in [1.82, 2.24) is 0 Å². The SMILES string of the molecule is Cc1ccc(C2=NOC(O)(c3ccccc3)C(c3ccccc3)=C2)cc1. The van der Waals surface area contributed by atoms with Crippen LogP contribution in [-0.2, 0) is 10.6 Å². The number of hydrogen-bond donors (Lipinski definition) is 1. The van der Waals surface area contributed by atoms with Crippen LogP contribution in [0.25, 0.3) is 5.57 Å². The maximum atomic E-state index is 11.4. The lowest BCUT2D eigenvalue weighted by Gasteiger charge is -2.32. The van der Waals surface area contributed by atoms with Crippen LogP contribution in [0.5, 0.6) is 0 Å². The maximum absolute atomic E-state index is 11.4. The van der Waals surface area contributed by atoms with Crippen molar-refractivity contribution < 1.29 is 9.94 Å². The van der Waals surface area contributed by atoms with Gasteiger partial charge in [0.05, 0.1) is 0 Å². The molecular formula is C23H19NO2. The standard InChI is InChI=1S/C23H19NO2/c1-17-12-14-19(15-13-17)22-16-21(18-8-4-2-5-9-18)23(25,26-24-22)20-10-6-3-7-11-20/h2-16,25H,1H3. The molecule has 3 aromatic carbocycles. The Hall–Kier alpha value is -3.17. The van der Waals surface area contributed by atoms with Gasteiger partial charge in [-0.1, -0.05) is 95.6 Å². The number of hydrogen-bond acceptors (Lipinski definition) is 3. The van der Waals surface area contributed by atoms with Crippen LogP contribution < -0.4 is 0 Å². The minimum Gasteiger partial charge on any atom is -0.349 e. The summed E-state index contributed by atoms with van der Waals surface area (Å²) in [6, 6.07) is 27.2. The third-order valence-electron chi connectivity index (χ3n) is 4.52. The summed E-state index contributed by atoms with van der Waals surface area (Å²) in [5.41, 5.74) is 5.00. The van der Waals surface area contributed by atoms with Gasteiger partial charge in [-0.05, 0) is 18.6 Å². The third-order valence-corrected chi connectivity index (χ3v) is 4.52. The zero-order valence-electron chi connectivity index (χ0n) is 14.5. The molecule has 3 aromatic rings. The Balaban J connectivity index is 1.84. The number of aliphatic hydroxyl groups is 1. The number of nitrogens with zero attached hydrogens (tertiary/aromatic N) is 1. The molecule has 1 N–H and O–H groups in total. The Bertz CT molecular complexity index is 960. The lowest BCUT2D eigenvalue weighted by atomic mass is 9.89. The summed E-state index contributed by atoms with van der Waals surface area (Å²) in [5.74, 6) is -1.63. The predicted molar refractivity (Wildman–Crippen MR) is 104 cm³/mol. The Morgan fingerprint density at radius 2 is 1.38 bits per heavy atom. The zero-order valence-corrected chi connectivity index (χ0v) is 14.5. The maximum Gasteiger partial charge on any atom is 0.287 e. The Kier molecular flexibility index (Phi) is 4.15. The zero-order chi connectivity index (χ0) is 18.0. The van der Waals surface area contributed by atoms with Crippen LogP contribution in [0.2, 0.25) is 0 Å². The van der Waals surface area contributed by atoms with Crippen LogP contribution in [0.1, 0.15) is 22.3 Å². The van der Waals surface area contributed by atoms with Crippen molar-refractivity contribution in [3.05, 3.63) is 113 Å². The molecule has 1 atom stereocenters. The normalized spacial score (nSPS) is 19.3. The second-order valence-corrected chi connectivity index (χ2v) is 6.37. The molecule has 0 fully saturated rings. The second kappa shape index (κ2) is 6.62. The Labute approximate surface area is 152 Å². The molecule has 0 saturated carbocycles. The van der Waals surface area contributed by atoms with Crippen LogP contribution >= 0.6 is 0 Å². The summed E-state index contributed by atoms with van der Waals surface area (Å²) < 4.78 is 0. The monoisotopic (exact) mass is 341 g/mol. The molecular weight excluding hydrogens is 322 g/mol. The van der Waals surface area contributed by atoms with Crippen LogP contribution in [0.4, 0.5) is 0 Å². The predicted octanol–water partition coefficient (Wildman–Crippen LogP) is 4.66. The molecule has 4 rings (SSSR count). The van der Waals surface area contributed by atoms with E-state index >= 15 is 0 Å². The van der Waals surface area contributed by atoms with Crippen LogP contribution in [0, 0.1) is 6.92 Å². The fraction of sp³-hybridized carbons (Fsp3) is 0.0870. The van der Waals surface area contributed by atoms with E-state index in [1.165, 1.54) is 5.56 Å². The molecule has 26 heavy (non-hydrogen) atoms. The van der Waals surface area contributed by atoms with Gasteiger partial charge in [0.15, 0.2) is 0 Å². The minimum absolute atomic E-state index is 0.641. The molecule has 3 nitrogen and oxygen atoms in total. The van der Waals surface area contributed by atoms with Gasteiger partial charge in [0.2, 0.25) is 0 Å². The first-order valence-corrected chi connectivity index (χ1v) is 8.55. The van der Waals surface area contributed by atoms with E-state index in [9.17, 15) is 5.11 Å². The average Bonchev–Trinajstić information content (AvgIpc) is 2.70. The summed E-state index contributed by atoms with van der Waals surface area (Å²) in [5, 5.41) is 15.6. The number of aryl methyl sites for hydroxylation is 1. The van der Waals surface area contributed by atoms with Crippen molar-refractivity contribution in [3.8, 4) is 0 Å². The van der Waals surface area contributed by atoms with Crippen LogP contribution in [0.3, 0.4) is 0 Å². The van der Waals surface area contributed by atoms with E-state index in [1.54, 1.807) is 0 Å². The van der Waals surface area contributed by atoms with Crippen LogP contribution in [0.15, 0.2) is 96.2 Å². The van der Waals surface area contributed by atoms with Gasteiger partial charge >= 0.3 is 0 Å². The first kappa shape index (κ1) is 16.3. The minimum atomic E-state index is -1.63. The quantitative estimate of drug-likeness (QED) is 0.753. The summed E-state index contributed by atoms with van der Waals surface area (Å²) in [6.45, 7) is 2.04. The van der Waals surface area contributed by atoms with E-state index < -0.39 is 5.79 Å². The van der Waals surface area contributed by atoms with Gasteiger partial charge in [0, 0.05) is 16.7 Å². The molecule has 0 amide bonds. The first-order valence-electron chi connectivity index (χ1n) is 8.55. The van der Waals surface area contributed by atoms with Crippen molar-refractivity contribution >= 4 is 11.3 Å². The molecule has 1 aliphatic rings. The molecule has 0 bridgehead atoms. The smallest absolute Gasteiger partial charge is 0.287 e. The fourth-order valence-corrected chi connectivity index (χ4v) is 3.05. The molecule has 0 aromatic heterocycles. The van der Waals surface area contributed by atoms with E-state index in [0.29, 0.717) is 16.8 Å². The number of benzene rings is 3. The molecule has 1 heterocycles. The van der Waals surface area contributed by atoms with Crippen molar-refractivity contribution in [1.29, 1.82) is 0 Å². The Morgan fingerprint density at radius 3 is 2.04 bits per heavy atom. The fourth-order valence-electron chi connectivity index (χ4n) is 3.05. The summed E-state index contributed by atoms with van der Waals surface area (Å²) >= 11 is 0. The van der Waals surface area contributed by atoms with E-state index in [2.05, 4.69) is 5.16 Å². The number of allylic oxidation sites excluding steroid dienone is 1. The molecule has 128 valence electrons. The van der Waals surface area contributed by atoms with Crippen LogP contribution in [-0.4, -0.2) is 10.8 Å².